The van der Waals surface area contributed by atoms with E-state index in [2.05, 4.69) is 5.32 Å². The number of rotatable bonds is 13. The average Bonchev–Trinajstić information content (AvgIpc) is 2.89. The molecule has 0 radical (unpaired) electrons. The number of hydrogen-bond donors (Lipinski definition) is 1. The molecule has 1 unspecified atom stereocenters. The number of para-hydroxylation sites is 1. The van der Waals surface area contributed by atoms with Crippen LogP contribution in [0.5, 0.6) is 0 Å². The molecule has 3 aromatic carbocycles. The van der Waals surface area contributed by atoms with Gasteiger partial charge in [0.15, 0.2) is 0 Å². The van der Waals surface area contributed by atoms with E-state index in [1.807, 2.05) is 63.2 Å². The number of hydrogen-bond acceptors (Lipinski definition) is 4. The number of halogens is 1. The van der Waals surface area contributed by atoms with E-state index in [1.165, 1.54) is 21.3 Å². The number of sulfonamides is 1. The average molecular weight is 568 g/mol. The molecule has 1 atom stereocenters. The summed E-state index contributed by atoms with van der Waals surface area (Å²) in [5, 5.41) is 2.93. The van der Waals surface area contributed by atoms with Crippen LogP contribution >= 0.6 is 0 Å². The van der Waals surface area contributed by atoms with E-state index >= 15 is 0 Å². The first kappa shape index (κ1) is 30.8. The lowest BCUT2D eigenvalue weighted by molar-refractivity contribution is -0.141. The number of benzene rings is 3. The fourth-order valence-electron chi connectivity index (χ4n) is 4.55. The molecule has 3 aromatic rings. The first-order valence-corrected chi connectivity index (χ1v) is 15.2. The van der Waals surface area contributed by atoms with Crippen molar-refractivity contribution in [2.45, 2.75) is 58.7 Å². The molecule has 40 heavy (non-hydrogen) atoms. The monoisotopic (exact) mass is 567 g/mol. The highest BCUT2D eigenvalue weighted by Gasteiger charge is 2.31. The van der Waals surface area contributed by atoms with Crippen LogP contribution in [0.2, 0.25) is 0 Å². The molecule has 0 saturated heterocycles. The third-order valence-electron chi connectivity index (χ3n) is 6.50. The van der Waals surface area contributed by atoms with Gasteiger partial charge in [0, 0.05) is 32.0 Å². The molecule has 0 fully saturated rings. The highest BCUT2D eigenvalue weighted by atomic mass is 32.2. The Morgan fingerprint density at radius 1 is 0.900 bits per heavy atom. The molecule has 0 spiro atoms. The van der Waals surface area contributed by atoms with Crippen molar-refractivity contribution >= 4 is 27.5 Å². The second-order valence-corrected chi connectivity index (χ2v) is 12.1. The molecule has 0 heterocycles. The van der Waals surface area contributed by atoms with Crippen LogP contribution in [0.4, 0.5) is 10.1 Å². The van der Waals surface area contributed by atoms with Gasteiger partial charge in [-0.15, -0.1) is 0 Å². The molecular weight excluding hydrogens is 529 g/mol. The fraction of sp³-hybridized carbons (Fsp3) is 0.355. The summed E-state index contributed by atoms with van der Waals surface area (Å²) in [6.07, 6.45) is 1.72. The molecule has 3 rings (SSSR count). The quantitative estimate of drug-likeness (QED) is 0.320. The van der Waals surface area contributed by atoms with E-state index in [0.29, 0.717) is 17.7 Å². The van der Waals surface area contributed by atoms with Crippen molar-refractivity contribution in [2.24, 2.45) is 0 Å². The van der Waals surface area contributed by atoms with Crippen molar-refractivity contribution in [3.05, 3.63) is 101 Å². The van der Waals surface area contributed by atoms with E-state index in [0.717, 1.165) is 17.4 Å². The standard InChI is InChI=1S/C31H38FN3O4S/c1-23(2)33-31(37)29(21-25-12-6-5-7-13-25)34(22-26-16-18-27(32)19-17-26)30(36)15-10-20-35(40(4,38)39)28-14-9-8-11-24(28)3/h5-9,11-14,16-19,23,29H,10,15,20-22H2,1-4H3,(H,33,37). The molecule has 1 N–H and O–H groups in total. The Balaban J connectivity index is 1.88. The van der Waals surface area contributed by atoms with Crippen molar-refractivity contribution in [3.63, 3.8) is 0 Å². The molecule has 0 aliphatic heterocycles. The van der Waals surface area contributed by atoms with Crippen molar-refractivity contribution in [1.29, 1.82) is 0 Å². The van der Waals surface area contributed by atoms with Gasteiger partial charge in [0.05, 0.1) is 11.9 Å². The Labute approximate surface area is 237 Å². The zero-order chi connectivity index (χ0) is 29.3. The van der Waals surface area contributed by atoms with Gasteiger partial charge in [-0.2, -0.15) is 0 Å². The first-order chi connectivity index (χ1) is 19.0. The molecule has 0 bridgehead atoms. The van der Waals surface area contributed by atoms with E-state index < -0.39 is 21.9 Å². The lowest BCUT2D eigenvalue weighted by Gasteiger charge is -2.32. The third kappa shape index (κ3) is 8.91. The van der Waals surface area contributed by atoms with Gasteiger partial charge < -0.3 is 10.2 Å². The number of aryl methyl sites for hydroxylation is 1. The Kier molecular flexibility index (Phi) is 10.8. The normalized spacial score (nSPS) is 12.2. The maximum Gasteiger partial charge on any atom is 0.243 e. The first-order valence-electron chi connectivity index (χ1n) is 13.4. The molecule has 0 aromatic heterocycles. The Morgan fingerprint density at radius 2 is 1.52 bits per heavy atom. The molecule has 9 heteroatoms. The van der Waals surface area contributed by atoms with Crippen molar-refractivity contribution in [2.75, 3.05) is 17.1 Å². The lowest BCUT2D eigenvalue weighted by Crippen LogP contribution is -2.51. The summed E-state index contributed by atoms with van der Waals surface area (Å²) in [5.74, 6) is -0.966. The molecule has 214 valence electrons. The van der Waals surface area contributed by atoms with Crippen LogP contribution in [0.25, 0.3) is 0 Å². The minimum Gasteiger partial charge on any atom is -0.352 e. The second-order valence-electron chi connectivity index (χ2n) is 10.2. The number of anilines is 1. The second kappa shape index (κ2) is 14.1. The predicted octanol–water partition coefficient (Wildman–Crippen LogP) is 4.85. The zero-order valence-electron chi connectivity index (χ0n) is 23.5. The van der Waals surface area contributed by atoms with Gasteiger partial charge in [0.1, 0.15) is 11.9 Å². The summed E-state index contributed by atoms with van der Waals surface area (Å²) < 4.78 is 40.1. The van der Waals surface area contributed by atoms with Gasteiger partial charge in [-0.25, -0.2) is 12.8 Å². The molecule has 0 saturated carbocycles. The number of nitrogens with zero attached hydrogens (tertiary/aromatic N) is 2. The van der Waals surface area contributed by atoms with Gasteiger partial charge in [-0.05, 0) is 62.1 Å². The summed E-state index contributed by atoms with van der Waals surface area (Å²) in [7, 11) is -3.59. The van der Waals surface area contributed by atoms with Gasteiger partial charge in [-0.1, -0.05) is 60.7 Å². The van der Waals surface area contributed by atoms with E-state index in [-0.39, 0.29) is 43.8 Å². The van der Waals surface area contributed by atoms with E-state index in [4.69, 9.17) is 0 Å². The fourth-order valence-corrected chi connectivity index (χ4v) is 5.57. The van der Waals surface area contributed by atoms with Gasteiger partial charge in [0.2, 0.25) is 21.8 Å². The number of carbonyl (C=O) groups excluding carboxylic acids is 2. The van der Waals surface area contributed by atoms with Gasteiger partial charge in [-0.3, -0.25) is 13.9 Å². The van der Waals surface area contributed by atoms with Gasteiger partial charge in [0.25, 0.3) is 0 Å². The maximum atomic E-state index is 13.8. The Hall–Kier alpha value is -3.72. The van der Waals surface area contributed by atoms with E-state index in [1.54, 1.807) is 24.3 Å². The zero-order valence-corrected chi connectivity index (χ0v) is 24.3. The summed E-state index contributed by atoms with van der Waals surface area (Å²) in [6.45, 7) is 5.77. The predicted molar refractivity (Wildman–Crippen MR) is 157 cm³/mol. The van der Waals surface area contributed by atoms with Crippen LogP contribution in [-0.4, -0.2) is 50.0 Å². The van der Waals surface area contributed by atoms with Crippen molar-refractivity contribution in [1.82, 2.24) is 10.2 Å². The highest BCUT2D eigenvalue weighted by molar-refractivity contribution is 7.92. The summed E-state index contributed by atoms with van der Waals surface area (Å²) >= 11 is 0. The molecular formula is C31H38FN3O4S. The number of carbonyl (C=O) groups is 2. The third-order valence-corrected chi connectivity index (χ3v) is 7.68. The van der Waals surface area contributed by atoms with Crippen molar-refractivity contribution < 1.29 is 22.4 Å². The minimum atomic E-state index is -3.59. The number of amides is 2. The van der Waals surface area contributed by atoms with E-state index in [9.17, 15) is 22.4 Å². The summed E-state index contributed by atoms with van der Waals surface area (Å²) in [4.78, 5) is 28.7. The molecule has 7 nitrogen and oxygen atoms in total. The Bertz CT molecular complexity index is 1380. The van der Waals surface area contributed by atoms with Crippen LogP contribution in [-0.2, 0) is 32.6 Å². The van der Waals surface area contributed by atoms with Crippen molar-refractivity contribution in [3.8, 4) is 0 Å². The van der Waals surface area contributed by atoms with Crippen LogP contribution in [0.3, 0.4) is 0 Å². The summed E-state index contributed by atoms with van der Waals surface area (Å²) in [6, 6.07) is 21.5. The SMILES string of the molecule is Cc1ccccc1N(CCCC(=O)N(Cc1ccc(F)cc1)C(Cc1ccccc1)C(=O)NC(C)C)S(C)(=O)=O. The molecule has 0 aliphatic carbocycles. The van der Waals surface area contributed by atoms with Crippen LogP contribution < -0.4 is 9.62 Å². The smallest absolute Gasteiger partial charge is 0.243 e. The molecule has 2 amide bonds. The Morgan fingerprint density at radius 3 is 2.12 bits per heavy atom. The summed E-state index contributed by atoms with van der Waals surface area (Å²) in [5.41, 5.74) is 2.96. The molecule has 0 aliphatic rings. The highest BCUT2D eigenvalue weighted by Crippen LogP contribution is 2.23. The topological polar surface area (TPSA) is 86.8 Å². The van der Waals surface area contributed by atoms with Gasteiger partial charge >= 0.3 is 0 Å². The number of nitrogens with one attached hydrogen (secondary N) is 1. The minimum absolute atomic E-state index is 0.0271. The van der Waals surface area contributed by atoms with Crippen LogP contribution in [0.15, 0.2) is 78.9 Å². The van der Waals surface area contributed by atoms with Crippen LogP contribution in [0, 0.1) is 12.7 Å². The van der Waals surface area contributed by atoms with Crippen LogP contribution in [0.1, 0.15) is 43.4 Å². The maximum absolute atomic E-state index is 13.8. The largest absolute Gasteiger partial charge is 0.352 e. The lowest BCUT2D eigenvalue weighted by atomic mass is 10.0.